The summed E-state index contributed by atoms with van der Waals surface area (Å²) in [6.07, 6.45) is 0.140. The van der Waals surface area contributed by atoms with E-state index in [-0.39, 0.29) is 29.7 Å². The molecule has 0 fully saturated rings. The van der Waals surface area contributed by atoms with Crippen molar-refractivity contribution >= 4 is 34.1 Å². The molecule has 0 spiro atoms. The smallest absolute Gasteiger partial charge is 0.346 e. The number of carboxylic acid groups (broad SMARTS) is 1. The summed E-state index contributed by atoms with van der Waals surface area (Å²) >= 11 is 1.02. The number of rotatable bonds is 5. The van der Waals surface area contributed by atoms with Gasteiger partial charge in [-0.1, -0.05) is 20.8 Å². The fraction of sp³-hybridized carbons (Fsp3) is 0.500. The number of carbonyl (C=O) groups excluding carboxylic acids is 2. The molecule has 0 bridgehead atoms. The number of anilines is 1. The Bertz CT molecular complexity index is 558. The summed E-state index contributed by atoms with van der Waals surface area (Å²) in [6.45, 7) is 7.32. The highest BCUT2D eigenvalue weighted by Crippen LogP contribution is 2.26. The summed E-state index contributed by atoms with van der Waals surface area (Å²) in [5.41, 5.74) is 0.126. The minimum absolute atomic E-state index is 0.115. The van der Waals surface area contributed by atoms with E-state index < -0.39 is 11.4 Å². The molecule has 0 atom stereocenters. The lowest BCUT2D eigenvalue weighted by Gasteiger charge is -2.17. The second kappa shape index (κ2) is 6.71. The Morgan fingerprint density at radius 1 is 1.29 bits per heavy atom. The first-order chi connectivity index (χ1) is 9.61. The number of carboxylic acids is 1. The van der Waals surface area contributed by atoms with E-state index in [0.29, 0.717) is 10.6 Å². The van der Waals surface area contributed by atoms with E-state index in [1.54, 1.807) is 33.8 Å². The van der Waals surface area contributed by atoms with Gasteiger partial charge in [-0.05, 0) is 18.6 Å². The molecular weight excluding hydrogens is 292 g/mol. The van der Waals surface area contributed by atoms with Crippen LogP contribution >= 0.6 is 11.3 Å². The van der Waals surface area contributed by atoms with Crippen LogP contribution in [0, 0.1) is 12.3 Å². The summed E-state index contributed by atoms with van der Waals surface area (Å²) < 4.78 is 0. The molecule has 116 valence electrons. The largest absolute Gasteiger partial charge is 0.477 e. The first kappa shape index (κ1) is 17.2. The summed E-state index contributed by atoms with van der Waals surface area (Å²) in [6, 6.07) is 1.62. The van der Waals surface area contributed by atoms with Gasteiger partial charge in [0, 0.05) is 18.4 Å². The molecule has 0 aliphatic heterocycles. The molecule has 0 aliphatic rings. The van der Waals surface area contributed by atoms with E-state index >= 15 is 0 Å². The number of thiophene rings is 1. The average molecular weight is 312 g/mol. The predicted octanol–water partition coefficient (Wildman–Crippen LogP) is 2.25. The Labute approximate surface area is 127 Å². The van der Waals surface area contributed by atoms with Crippen LogP contribution in [0.25, 0.3) is 0 Å². The number of hydrogen-bond acceptors (Lipinski definition) is 4. The summed E-state index contributed by atoms with van der Waals surface area (Å²) in [4.78, 5) is 34.5. The SMILES string of the molecule is Cc1cc(NC(=O)CCNC(=O)C(C)(C)C)sc1C(=O)O. The van der Waals surface area contributed by atoms with Gasteiger partial charge in [0.25, 0.3) is 0 Å². The molecule has 0 saturated carbocycles. The van der Waals surface area contributed by atoms with Crippen molar-refractivity contribution in [1.29, 1.82) is 0 Å². The van der Waals surface area contributed by atoms with Crippen LogP contribution in [-0.2, 0) is 9.59 Å². The molecular formula is C14H20N2O4S. The van der Waals surface area contributed by atoms with Crippen LogP contribution in [0.5, 0.6) is 0 Å². The second-order valence-electron chi connectivity index (χ2n) is 5.73. The topological polar surface area (TPSA) is 95.5 Å². The van der Waals surface area contributed by atoms with E-state index in [4.69, 9.17) is 5.11 Å². The zero-order valence-corrected chi connectivity index (χ0v) is 13.4. The van der Waals surface area contributed by atoms with E-state index in [2.05, 4.69) is 10.6 Å². The average Bonchev–Trinajstić information content (AvgIpc) is 2.68. The monoisotopic (exact) mass is 312 g/mol. The van der Waals surface area contributed by atoms with Crippen LogP contribution in [0.15, 0.2) is 6.07 Å². The normalized spacial score (nSPS) is 11.0. The third-order valence-corrected chi connectivity index (χ3v) is 3.83. The maximum atomic E-state index is 11.7. The predicted molar refractivity (Wildman–Crippen MR) is 81.7 cm³/mol. The summed E-state index contributed by atoms with van der Waals surface area (Å²) in [7, 11) is 0. The van der Waals surface area contributed by atoms with Crippen molar-refractivity contribution in [3.05, 3.63) is 16.5 Å². The molecule has 21 heavy (non-hydrogen) atoms. The van der Waals surface area contributed by atoms with Crippen LogP contribution < -0.4 is 10.6 Å². The number of aryl methyl sites for hydroxylation is 1. The molecule has 0 radical (unpaired) electrons. The Morgan fingerprint density at radius 3 is 2.38 bits per heavy atom. The minimum Gasteiger partial charge on any atom is -0.477 e. The van der Waals surface area contributed by atoms with Crippen molar-refractivity contribution in [2.45, 2.75) is 34.1 Å². The van der Waals surface area contributed by atoms with Gasteiger partial charge in [-0.2, -0.15) is 0 Å². The van der Waals surface area contributed by atoms with Gasteiger partial charge in [-0.25, -0.2) is 4.79 Å². The second-order valence-corrected chi connectivity index (χ2v) is 6.78. The highest BCUT2D eigenvalue weighted by atomic mass is 32.1. The zero-order chi connectivity index (χ0) is 16.2. The van der Waals surface area contributed by atoms with Crippen LogP contribution in [0.1, 0.15) is 42.4 Å². The third kappa shape index (κ3) is 5.18. The van der Waals surface area contributed by atoms with Crippen molar-refractivity contribution in [2.24, 2.45) is 5.41 Å². The lowest BCUT2D eigenvalue weighted by atomic mass is 9.96. The molecule has 0 aliphatic carbocycles. The van der Waals surface area contributed by atoms with Crippen molar-refractivity contribution in [1.82, 2.24) is 5.32 Å². The van der Waals surface area contributed by atoms with Gasteiger partial charge in [0.05, 0.1) is 5.00 Å². The molecule has 3 N–H and O–H groups in total. The van der Waals surface area contributed by atoms with Gasteiger partial charge in [0.2, 0.25) is 11.8 Å². The van der Waals surface area contributed by atoms with Gasteiger partial charge in [0.1, 0.15) is 4.88 Å². The maximum Gasteiger partial charge on any atom is 0.346 e. The number of aromatic carboxylic acids is 1. The van der Waals surface area contributed by atoms with Gasteiger partial charge in [-0.3, -0.25) is 9.59 Å². The first-order valence-corrected chi connectivity index (χ1v) is 7.35. The van der Waals surface area contributed by atoms with Crippen LogP contribution in [0.3, 0.4) is 0 Å². The molecule has 1 aromatic heterocycles. The van der Waals surface area contributed by atoms with Gasteiger partial charge in [0.15, 0.2) is 0 Å². The highest BCUT2D eigenvalue weighted by molar-refractivity contribution is 7.18. The van der Waals surface area contributed by atoms with Gasteiger partial charge >= 0.3 is 5.97 Å². The van der Waals surface area contributed by atoms with E-state index in [0.717, 1.165) is 11.3 Å². The Balaban J connectivity index is 2.46. The van der Waals surface area contributed by atoms with Crippen molar-refractivity contribution in [2.75, 3.05) is 11.9 Å². The molecule has 1 heterocycles. The van der Waals surface area contributed by atoms with E-state index in [9.17, 15) is 14.4 Å². The van der Waals surface area contributed by atoms with Gasteiger partial charge in [-0.15, -0.1) is 11.3 Å². The number of nitrogens with one attached hydrogen (secondary N) is 2. The molecule has 0 aromatic carbocycles. The summed E-state index contributed by atoms with van der Waals surface area (Å²) in [5, 5.41) is 14.8. The zero-order valence-electron chi connectivity index (χ0n) is 12.6. The fourth-order valence-corrected chi connectivity index (χ4v) is 2.44. The first-order valence-electron chi connectivity index (χ1n) is 6.53. The van der Waals surface area contributed by atoms with Crippen LogP contribution in [0.4, 0.5) is 5.00 Å². The van der Waals surface area contributed by atoms with Crippen molar-refractivity contribution < 1.29 is 19.5 Å². The molecule has 1 aromatic rings. The molecule has 1 rings (SSSR count). The Kier molecular flexibility index (Phi) is 5.48. The Hall–Kier alpha value is -1.89. The van der Waals surface area contributed by atoms with Crippen LogP contribution in [-0.4, -0.2) is 29.4 Å². The fourth-order valence-electron chi connectivity index (χ4n) is 1.51. The highest BCUT2D eigenvalue weighted by Gasteiger charge is 2.20. The molecule has 2 amide bonds. The number of carbonyl (C=O) groups is 3. The number of hydrogen-bond donors (Lipinski definition) is 3. The summed E-state index contributed by atoms with van der Waals surface area (Å²) in [5.74, 6) is -1.38. The molecule has 7 heteroatoms. The molecule has 0 unspecified atom stereocenters. The standard InChI is InChI=1S/C14H20N2O4S/c1-8-7-10(21-11(8)12(18)19)16-9(17)5-6-15-13(20)14(2,3)4/h7H,5-6H2,1-4H3,(H,15,20)(H,16,17)(H,18,19). The quantitative estimate of drug-likeness (QED) is 0.777. The minimum atomic E-state index is -1.00. The van der Waals surface area contributed by atoms with Crippen molar-refractivity contribution in [3.8, 4) is 0 Å². The van der Waals surface area contributed by atoms with E-state index in [1.165, 1.54) is 0 Å². The van der Waals surface area contributed by atoms with Crippen LogP contribution in [0.2, 0.25) is 0 Å². The van der Waals surface area contributed by atoms with Crippen molar-refractivity contribution in [3.63, 3.8) is 0 Å². The lowest BCUT2D eigenvalue weighted by molar-refractivity contribution is -0.128. The third-order valence-electron chi connectivity index (χ3n) is 2.69. The van der Waals surface area contributed by atoms with Gasteiger partial charge < -0.3 is 15.7 Å². The number of amides is 2. The lowest BCUT2D eigenvalue weighted by Crippen LogP contribution is -2.36. The molecule has 6 nitrogen and oxygen atoms in total. The Morgan fingerprint density at radius 2 is 1.90 bits per heavy atom. The maximum absolute atomic E-state index is 11.7. The van der Waals surface area contributed by atoms with E-state index in [1.807, 2.05) is 0 Å². The molecule has 0 saturated heterocycles.